The van der Waals surface area contributed by atoms with Gasteiger partial charge in [0.05, 0.1) is 11.0 Å². The maximum Gasteiger partial charge on any atom is 0.213 e. The summed E-state index contributed by atoms with van der Waals surface area (Å²) in [5.74, 6) is 3.56. The van der Waals surface area contributed by atoms with E-state index < -0.39 is 0 Å². The van der Waals surface area contributed by atoms with Crippen LogP contribution in [0.5, 0.6) is 0 Å². The maximum absolute atomic E-state index is 2.83. The highest BCUT2D eigenvalue weighted by Gasteiger charge is 2.59. The van der Waals surface area contributed by atoms with Gasteiger partial charge in [0.1, 0.15) is 0 Å². The van der Waals surface area contributed by atoms with Gasteiger partial charge in [-0.15, -0.1) is 0 Å². The smallest absolute Gasteiger partial charge is 0.192 e. The Morgan fingerprint density at radius 3 is 1.81 bits per heavy atom. The van der Waals surface area contributed by atoms with Crippen molar-refractivity contribution in [2.24, 2.45) is 11.8 Å². The molecule has 0 N–H and O–H groups in total. The van der Waals surface area contributed by atoms with Crippen molar-refractivity contribution in [2.75, 3.05) is 0 Å². The molecule has 0 amide bonds. The molecule has 1 aromatic heterocycles. The lowest BCUT2D eigenvalue weighted by Gasteiger charge is -2.54. The number of rotatable bonds is 2. The van der Waals surface area contributed by atoms with E-state index in [2.05, 4.69) is 70.5 Å². The minimum absolute atomic E-state index is 0.0924. The first-order valence-corrected chi connectivity index (χ1v) is 15.9. The lowest BCUT2D eigenvalue weighted by molar-refractivity contribution is -0.765. The molecule has 1 aromatic carbocycles. The monoisotopic (exact) mass is 494 g/mol. The Morgan fingerprint density at radius 1 is 0.676 bits per heavy atom. The molecular weight excluding hydrogens is 446 g/mol. The Kier molecular flexibility index (Phi) is 4.47. The highest BCUT2D eigenvalue weighted by Crippen LogP contribution is 2.61. The summed E-state index contributed by atoms with van der Waals surface area (Å²) in [5.41, 5.74) is 12.7. The molecule has 0 spiro atoms. The zero-order chi connectivity index (χ0) is 25.5. The number of nitrogens with zero attached hydrogens (tertiary/aromatic N) is 1. The van der Waals surface area contributed by atoms with E-state index in [9.17, 15) is 0 Å². The molecule has 3 saturated carbocycles. The molecule has 8 aliphatic rings. The molecule has 1 heteroatoms. The van der Waals surface area contributed by atoms with Crippen LogP contribution in [0.4, 0.5) is 0 Å². The summed E-state index contributed by atoms with van der Waals surface area (Å²) in [6, 6.07) is 8.26. The Labute approximate surface area is 225 Å². The van der Waals surface area contributed by atoms with E-state index in [0.717, 1.165) is 23.7 Å². The van der Waals surface area contributed by atoms with Gasteiger partial charge >= 0.3 is 0 Å². The summed E-state index contributed by atoms with van der Waals surface area (Å²) in [6.07, 6.45) is 17.9. The number of pyridine rings is 1. The van der Waals surface area contributed by atoms with Gasteiger partial charge in [-0.2, -0.15) is 4.57 Å². The molecule has 2 aromatic rings. The first-order valence-electron chi connectivity index (χ1n) is 15.9. The zero-order valence-corrected chi connectivity index (χ0v) is 24.3. The first kappa shape index (κ1) is 23.3. The van der Waals surface area contributed by atoms with E-state index in [0.29, 0.717) is 10.8 Å². The molecule has 37 heavy (non-hydrogen) atoms. The van der Waals surface area contributed by atoms with Crippen LogP contribution in [-0.2, 0) is 21.8 Å². The Morgan fingerprint density at radius 2 is 1.24 bits per heavy atom. The van der Waals surface area contributed by atoms with Crippen LogP contribution in [0.2, 0.25) is 0 Å². The van der Waals surface area contributed by atoms with Crippen molar-refractivity contribution < 1.29 is 4.57 Å². The van der Waals surface area contributed by atoms with Gasteiger partial charge in [-0.3, -0.25) is 0 Å². The number of aromatic nitrogens is 1. The molecule has 196 valence electrons. The van der Waals surface area contributed by atoms with Gasteiger partial charge < -0.3 is 0 Å². The second-order valence-electron chi connectivity index (χ2n) is 15.6. The fourth-order valence-electron chi connectivity index (χ4n) is 11.1. The van der Waals surface area contributed by atoms with Crippen LogP contribution >= 0.6 is 0 Å². The highest BCUT2D eigenvalue weighted by molar-refractivity contribution is 5.70. The first-order chi connectivity index (χ1) is 17.6. The fourth-order valence-corrected chi connectivity index (χ4v) is 11.1. The van der Waals surface area contributed by atoms with Crippen molar-refractivity contribution in [2.45, 2.75) is 146 Å². The second kappa shape index (κ2) is 7.11. The van der Waals surface area contributed by atoms with Gasteiger partial charge in [0.25, 0.3) is 0 Å². The molecule has 1 nitrogen and oxygen atoms in total. The number of hydrogen-bond donors (Lipinski definition) is 0. The van der Waals surface area contributed by atoms with Gasteiger partial charge in [0, 0.05) is 25.0 Å². The van der Waals surface area contributed by atoms with Gasteiger partial charge in [-0.25, -0.2) is 0 Å². The maximum atomic E-state index is 2.83. The standard InChI is InChI=1S/C36H48N/c1-7-35(5)29-20-31-30(33(3)9-11-34(31,4)12-10-33)18-27(29)32-19-26-24-14-22-13-23(15-24)17-25(16-22)28(26)21-37(32)36(35,6)8-2/h18-25H,7-17H2,1-6H3/q+1. The van der Waals surface area contributed by atoms with Crippen LogP contribution in [0.3, 0.4) is 0 Å². The second-order valence-corrected chi connectivity index (χ2v) is 15.6. The van der Waals surface area contributed by atoms with Crippen molar-refractivity contribution in [3.05, 3.63) is 52.2 Å². The highest BCUT2D eigenvalue weighted by atomic mass is 15.1. The topological polar surface area (TPSA) is 3.88 Å². The van der Waals surface area contributed by atoms with Crippen LogP contribution in [0.25, 0.3) is 11.3 Å². The summed E-state index contributed by atoms with van der Waals surface area (Å²) in [6.45, 7) is 15.3. The molecule has 4 unspecified atom stereocenters. The number of hydrogen-bond acceptors (Lipinski definition) is 0. The van der Waals surface area contributed by atoms with Crippen LogP contribution in [0.1, 0.15) is 152 Å². The summed E-state index contributed by atoms with van der Waals surface area (Å²) >= 11 is 0. The zero-order valence-electron chi connectivity index (χ0n) is 24.3. The quantitative estimate of drug-likeness (QED) is 0.367. The van der Waals surface area contributed by atoms with E-state index in [-0.39, 0.29) is 11.0 Å². The van der Waals surface area contributed by atoms with Crippen molar-refractivity contribution in [3.63, 3.8) is 0 Å². The third kappa shape index (κ3) is 2.71. The number of benzene rings is 1. The van der Waals surface area contributed by atoms with E-state index >= 15 is 0 Å². The van der Waals surface area contributed by atoms with Crippen LogP contribution in [-0.4, -0.2) is 0 Å². The van der Waals surface area contributed by atoms with E-state index in [1.807, 2.05) is 0 Å². The molecule has 3 fully saturated rings. The molecule has 7 aliphatic carbocycles. The van der Waals surface area contributed by atoms with Gasteiger partial charge in [0.15, 0.2) is 11.7 Å². The molecule has 2 heterocycles. The van der Waals surface area contributed by atoms with Gasteiger partial charge in [-0.1, -0.05) is 33.8 Å². The Bertz CT molecular complexity index is 1310. The summed E-state index contributed by atoms with van der Waals surface area (Å²) < 4.78 is 2.83. The minimum Gasteiger partial charge on any atom is -0.192 e. The third-order valence-corrected chi connectivity index (χ3v) is 14.1. The molecule has 0 saturated heterocycles. The molecule has 0 radical (unpaired) electrons. The molecule has 4 atom stereocenters. The summed E-state index contributed by atoms with van der Waals surface area (Å²) in [5, 5.41) is 0. The lowest BCUT2D eigenvalue weighted by Crippen LogP contribution is -2.67. The summed E-state index contributed by atoms with van der Waals surface area (Å²) in [7, 11) is 0. The molecule has 6 bridgehead atoms. The Balaban J connectivity index is 1.44. The van der Waals surface area contributed by atoms with Gasteiger partial charge in [0.2, 0.25) is 5.69 Å². The van der Waals surface area contributed by atoms with E-state index in [4.69, 9.17) is 0 Å². The third-order valence-electron chi connectivity index (χ3n) is 14.1. The minimum atomic E-state index is 0.0924. The lowest BCUT2D eigenvalue weighted by atomic mass is 9.51. The van der Waals surface area contributed by atoms with E-state index in [1.165, 1.54) is 70.6 Å². The molecule has 10 rings (SSSR count). The average Bonchev–Trinajstić information content (AvgIpc) is 3.07. The van der Waals surface area contributed by atoms with Crippen LogP contribution < -0.4 is 4.57 Å². The fraction of sp³-hybridized carbons (Fsp3) is 0.694. The normalized spacial score (nSPS) is 44.2. The van der Waals surface area contributed by atoms with Crippen molar-refractivity contribution >= 4 is 0 Å². The van der Waals surface area contributed by atoms with Crippen LogP contribution in [0.15, 0.2) is 24.4 Å². The molecule has 1 aliphatic heterocycles. The van der Waals surface area contributed by atoms with E-state index in [1.54, 1.807) is 39.1 Å². The average molecular weight is 495 g/mol. The number of fused-ring (bicyclic) bond motifs is 5. The SMILES string of the molecule is CCC1(C)c2cc3c(cc2-c2cc4c(c[n+]2C1(C)CC)C1CC2CC(CC4C2)C1)C1(C)CCC3(C)CC1. The van der Waals surface area contributed by atoms with Crippen molar-refractivity contribution in [3.8, 4) is 11.3 Å². The molecular formula is C36H48N+. The predicted molar refractivity (Wildman–Crippen MR) is 152 cm³/mol. The summed E-state index contributed by atoms with van der Waals surface area (Å²) in [4.78, 5) is 0. The van der Waals surface area contributed by atoms with Crippen LogP contribution in [0, 0.1) is 11.8 Å². The largest absolute Gasteiger partial charge is 0.213 e. The Hall–Kier alpha value is -1.63. The van der Waals surface area contributed by atoms with Crippen molar-refractivity contribution in [1.82, 2.24) is 0 Å². The van der Waals surface area contributed by atoms with Crippen molar-refractivity contribution in [1.29, 1.82) is 0 Å². The van der Waals surface area contributed by atoms with Gasteiger partial charge in [-0.05, 0) is 134 Å². The predicted octanol–water partition coefficient (Wildman–Crippen LogP) is 8.94.